The Morgan fingerprint density at radius 3 is 1.79 bits per heavy atom. The zero-order valence-electron chi connectivity index (χ0n) is 46.9. The number of esters is 1. The van der Waals surface area contributed by atoms with Gasteiger partial charge in [-0.15, -0.1) is 34.4 Å². The number of hydrogen-bond donors (Lipinski definition) is 3. The van der Waals surface area contributed by atoms with Crippen molar-refractivity contribution in [1.29, 1.82) is 0 Å². The molecule has 434 valence electrons. The number of nitrogens with two attached hydrogens (primary N) is 1. The van der Waals surface area contributed by atoms with Gasteiger partial charge in [0.25, 0.3) is 11.8 Å². The Kier molecular flexibility index (Phi) is 18.5. The van der Waals surface area contributed by atoms with Crippen LogP contribution in [0, 0.1) is 0 Å². The van der Waals surface area contributed by atoms with Crippen molar-refractivity contribution in [1.82, 2.24) is 20.2 Å². The van der Waals surface area contributed by atoms with Crippen molar-refractivity contribution in [2.24, 2.45) is 5.16 Å². The van der Waals surface area contributed by atoms with E-state index >= 15 is 4.79 Å². The van der Waals surface area contributed by atoms with Gasteiger partial charge >= 0.3 is 5.97 Å². The quantitative estimate of drug-likeness (QED) is 0.0119. The van der Waals surface area contributed by atoms with E-state index in [1.165, 1.54) is 39.3 Å². The van der Waals surface area contributed by atoms with Crippen molar-refractivity contribution in [2.75, 3.05) is 23.9 Å². The molecule has 0 spiro atoms. The molecule has 0 unspecified atom stereocenters. The lowest BCUT2D eigenvalue weighted by Crippen LogP contribution is -3.00. The summed E-state index contributed by atoms with van der Waals surface area (Å²) < 4.78 is 13.3. The van der Waals surface area contributed by atoms with E-state index in [1.54, 1.807) is 24.6 Å². The topological polar surface area (TPSA) is 174 Å². The van der Waals surface area contributed by atoms with E-state index in [4.69, 9.17) is 30.2 Å². The third-order valence-electron chi connectivity index (χ3n) is 15.0. The number of nitrogens with one attached hydrogen (secondary N) is 2. The molecule has 0 bridgehead atoms. The molecule has 2 aliphatic heterocycles. The Balaban J connectivity index is 0.00000784. The summed E-state index contributed by atoms with van der Waals surface area (Å²) in [6.45, 7) is 0.382. The lowest BCUT2D eigenvalue weighted by molar-refractivity contribution is -0.686. The van der Waals surface area contributed by atoms with E-state index in [1.807, 2.05) is 204 Å². The van der Waals surface area contributed by atoms with Crippen molar-refractivity contribution < 1.29 is 57.2 Å². The number of hydrogen-bond acceptors (Lipinski definition) is 14. The number of carbonyl (C=O) groups is 3. The third kappa shape index (κ3) is 12.4. The summed E-state index contributed by atoms with van der Waals surface area (Å²) in [6, 6.07) is 69.6. The van der Waals surface area contributed by atoms with Gasteiger partial charge in [0.05, 0.1) is 18.4 Å². The minimum atomic E-state index is -1.38. The van der Waals surface area contributed by atoms with Gasteiger partial charge in [-0.25, -0.2) is 19.3 Å². The molecule has 12 rings (SSSR count). The predicted octanol–water partition coefficient (Wildman–Crippen LogP) is 8.92. The number of ether oxygens (including phenoxy) is 2. The molecule has 4 N–H and O–H groups in total. The number of nitrogens with zero attached hydrogens (tertiary/aromatic N) is 5. The minimum Gasteiger partial charge on any atom is -1.00 e. The van der Waals surface area contributed by atoms with E-state index in [2.05, 4.69) is 52.0 Å². The molecular weight excluding hydrogens is 1260 g/mol. The number of thioether (sulfide) groups is 1. The summed E-state index contributed by atoms with van der Waals surface area (Å²) in [5.41, 5.74) is 11.8. The van der Waals surface area contributed by atoms with Crippen LogP contribution < -0.4 is 49.6 Å². The molecule has 14 nitrogen and oxygen atoms in total. The summed E-state index contributed by atoms with van der Waals surface area (Å²) in [6.07, 6.45) is 7.69. The average Bonchev–Trinajstić information content (AvgIpc) is 1.23. The maximum absolute atomic E-state index is 15.5. The second kappa shape index (κ2) is 27.0. The van der Waals surface area contributed by atoms with Crippen molar-refractivity contribution in [3.05, 3.63) is 310 Å². The standard InChI is InChI=1S/C69H56N8O6S3.HI/c1-81-56-38-36-47(37-39-56)43-82-65(80)61-49(23-21-41-76-40-20-22-48(42-76)57-45-85-66(70)71-57)44-84-64-60(63(79)77(61)64)73-62(78)59(75-83-69(53-30-14-5-15-31-53,54-32-16-6-17-33-54)55-34-18-7-19-35-55)58-46-86-67(72-58)74-68(50-24-8-2-9-25-50,51-26-10-3-11-27-51)52-28-12-4-13-29-52;/h2-40,42,45-46,60,64H,41,43-44H2,1H3,(H3-,70,71,72,73,74,78);1H/b23-21+,75-59?;/t60-,64+;/m1./s1. The van der Waals surface area contributed by atoms with Gasteiger partial charge in [0.1, 0.15) is 40.7 Å². The molecule has 2 atom stereocenters. The van der Waals surface area contributed by atoms with Crippen LogP contribution in [0.3, 0.4) is 0 Å². The van der Waals surface area contributed by atoms with Gasteiger partial charge in [-0.3, -0.25) is 14.5 Å². The SMILES string of the molecule is COc1ccc(COC(=O)C2=C(/C=C/C[n+]3cccc(-c4csc(N)n4)c3)CS[C@H]3[C@H](NC(=O)C(=NOC(c4ccccc4)(c4ccccc4)c4ccccc4)c4csc(NC(c5ccccc5)(c5ccccc5)c5ccccc5)n4)C(=O)N23)cc1.[I-]. The van der Waals surface area contributed by atoms with Crippen LogP contribution in [0.15, 0.2) is 270 Å². The number of halogens is 1. The number of pyridine rings is 1. The molecule has 0 radical (unpaired) electrons. The van der Waals surface area contributed by atoms with Crippen molar-refractivity contribution in [2.45, 2.75) is 35.7 Å². The predicted molar refractivity (Wildman–Crippen MR) is 338 cm³/mol. The van der Waals surface area contributed by atoms with Gasteiger partial charge in [-0.1, -0.05) is 205 Å². The number of carbonyl (C=O) groups excluding carboxylic acids is 3. The number of oxime groups is 1. The second-order valence-corrected chi connectivity index (χ2v) is 23.1. The highest BCUT2D eigenvalue weighted by atomic mass is 127. The maximum atomic E-state index is 15.5. The van der Waals surface area contributed by atoms with Gasteiger partial charge in [0, 0.05) is 39.3 Å². The number of aromatic nitrogens is 3. The number of fused-ring (bicyclic) bond motifs is 1. The number of β-lactam (4-membered cyclic amide) rings is 1. The molecule has 7 aromatic carbocycles. The fourth-order valence-corrected chi connectivity index (χ4v) is 13.5. The van der Waals surface area contributed by atoms with E-state index in [0.29, 0.717) is 33.9 Å². The smallest absolute Gasteiger partial charge is 0.355 e. The molecule has 5 heterocycles. The van der Waals surface area contributed by atoms with Crippen LogP contribution in [0.1, 0.15) is 44.6 Å². The monoisotopic (exact) mass is 1320 g/mol. The first kappa shape index (κ1) is 59.5. The number of amides is 2. The first-order valence-corrected chi connectivity index (χ1v) is 30.5. The highest BCUT2D eigenvalue weighted by Gasteiger charge is 2.55. The van der Waals surface area contributed by atoms with E-state index in [-0.39, 0.29) is 47.7 Å². The fraction of sp³-hybridized carbons (Fsp3) is 0.116. The van der Waals surface area contributed by atoms with Crippen LogP contribution in [0.5, 0.6) is 5.75 Å². The molecule has 87 heavy (non-hydrogen) atoms. The largest absolute Gasteiger partial charge is 1.00 e. The average molecular weight is 1320 g/mol. The van der Waals surface area contributed by atoms with Crippen molar-refractivity contribution in [3.8, 4) is 17.0 Å². The third-order valence-corrected chi connectivity index (χ3v) is 17.7. The van der Waals surface area contributed by atoms with Gasteiger partial charge in [0.15, 0.2) is 34.9 Å². The first-order valence-electron chi connectivity index (χ1n) is 27.7. The molecule has 10 aromatic rings. The highest BCUT2D eigenvalue weighted by Crippen LogP contribution is 2.44. The number of methoxy groups -OCH3 is 1. The van der Waals surface area contributed by atoms with Gasteiger partial charge in [0.2, 0.25) is 5.60 Å². The van der Waals surface area contributed by atoms with Crippen LogP contribution >= 0.6 is 34.4 Å². The molecule has 1 saturated heterocycles. The lowest BCUT2D eigenvalue weighted by atomic mass is 9.77. The number of benzene rings is 7. The fourth-order valence-electron chi connectivity index (χ4n) is 10.8. The molecule has 1 fully saturated rings. The maximum Gasteiger partial charge on any atom is 0.355 e. The van der Waals surface area contributed by atoms with E-state index in [0.717, 1.165) is 50.2 Å². The summed E-state index contributed by atoms with van der Waals surface area (Å²) in [5, 5.41) is 15.7. The van der Waals surface area contributed by atoms with E-state index < -0.39 is 40.3 Å². The Hall–Kier alpha value is -9.21. The Labute approximate surface area is 533 Å². The molecule has 0 saturated carbocycles. The number of rotatable bonds is 21. The normalized spacial score (nSPS) is 15.0. The van der Waals surface area contributed by atoms with Crippen LogP contribution in [-0.2, 0) is 48.2 Å². The minimum absolute atomic E-state index is 0. The van der Waals surface area contributed by atoms with Crippen LogP contribution in [0.25, 0.3) is 11.3 Å². The number of thiazole rings is 2. The molecule has 2 aliphatic rings. The van der Waals surface area contributed by atoms with Crippen molar-refractivity contribution >= 4 is 68.2 Å². The second-order valence-electron chi connectivity index (χ2n) is 20.2. The lowest BCUT2D eigenvalue weighted by Gasteiger charge is -2.49. The highest BCUT2D eigenvalue weighted by molar-refractivity contribution is 8.00. The zero-order chi connectivity index (χ0) is 58.9. The summed E-state index contributed by atoms with van der Waals surface area (Å²) in [7, 11) is 1.58. The van der Waals surface area contributed by atoms with Crippen LogP contribution in [0.4, 0.5) is 10.3 Å². The summed E-state index contributed by atoms with van der Waals surface area (Å²) in [5.74, 6) is -0.936. The molecular formula is C69H57IN8O6S3. The zero-order valence-corrected chi connectivity index (χ0v) is 51.5. The van der Waals surface area contributed by atoms with Crippen molar-refractivity contribution in [3.63, 3.8) is 0 Å². The van der Waals surface area contributed by atoms with Crippen LogP contribution in [0.2, 0.25) is 0 Å². The number of anilines is 2. The molecule has 18 heteroatoms. The first-order chi connectivity index (χ1) is 42.2. The Morgan fingerprint density at radius 2 is 1.26 bits per heavy atom. The van der Waals surface area contributed by atoms with Gasteiger partial charge in [-0.2, -0.15) is 0 Å². The molecule has 0 aliphatic carbocycles. The van der Waals surface area contributed by atoms with Gasteiger partial charge in [-0.05, 0) is 52.1 Å². The molecule has 3 aromatic heterocycles. The summed E-state index contributed by atoms with van der Waals surface area (Å²) >= 11 is 4.10. The van der Waals surface area contributed by atoms with Crippen LogP contribution in [-0.4, -0.2) is 62.6 Å². The Bertz CT molecular complexity index is 3910. The summed E-state index contributed by atoms with van der Waals surface area (Å²) in [4.78, 5) is 63.0. The van der Waals surface area contributed by atoms with E-state index in [9.17, 15) is 9.59 Å². The van der Waals surface area contributed by atoms with Gasteiger partial charge < -0.3 is 54.7 Å². The Morgan fingerprint density at radius 1 is 0.713 bits per heavy atom. The number of nitrogen functional groups attached to an aromatic ring is 1. The number of allylic oxidation sites excluding steroid dienone is 2. The molecule has 2 amide bonds.